The van der Waals surface area contributed by atoms with E-state index in [9.17, 15) is 18.0 Å². The van der Waals surface area contributed by atoms with Gasteiger partial charge >= 0.3 is 6.36 Å². The Labute approximate surface area is 109 Å². The first-order valence-corrected chi connectivity index (χ1v) is 5.85. The van der Waals surface area contributed by atoms with Crippen LogP contribution in [-0.2, 0) is 4.79 Å². The number of hydrogen-bond donors (Lipinski definition) is 2. The zero-order valence-electron chi connectivity index (χ0n) is 9.32. The number of carbonyl (C=O) groups is 1. The maximum Gasteiger partial charge on any atom is 0.573 e. The van der Waals surface area contributed by atoms with E-state index in [0.717, 1.165) is 17.4 Å². The number of ether oxygens (including phenoxy) is 1. The van der Waals surface area contributed by atoms with Crippen molar-refractivity contribution in [2.24, 2.45) is 5.73 Å². The monoisotopic (exact) mass is 291 g/mol. The Balaban J connectivity index is 2.26. The van der Waals surface area contributed by atoms with Gasteiger partial charge in [-0.15, -0.1) is 13.2 Å². The van der Waals surface area contributed by atoms with E-state index in [0.29, 0.717) is 10.2 Å². The Morgan fingerprint density at radius 2 is 2.21 bits per heavy atom. The van der Waals surface area contributed by atoms with E-state index in [4.69, 9.17) is 5.73 Å². The molecule has 3 N–H and O–H groups in total. The van der Waals surface area contributed by atoms with E-state index in [1.165, 1.54) is 12.1 Å². The van der Waals surface area contributed by atoms with Crippen molar-refractivity contribution >= 4 is 32.6 Å². The van der Waals surface area contributed by atoms with Gasteiger partial charge in [-0.05, 0) is 12.1 Å². The fourth-order valence-electron chi connectivity index (χ4n) is 1.33. The first kappa shape index (κ1) is 13.6. The SMILES string of the molecule is NCC(=O)Nc1nc2ccc(OC(F)(F)F)cc2s1. The van der Waals surface area contributed by atoms with Crippen LogP contribution in [0.1, 0.15) is 0 Å². The Bertz CT molecular complexity index is 612. The van der Waals surface area contributed by atoms with Crippen molar-refractivity contribution in [1.29, 1.82) is 0 Å². The predicted octanol–water partition coefficient (Wildman–Crippen LogP) is 2.09. The summed E-state index contributed by atoms with van der Waals surface area (Å²) in [7, 11) is 0. The van der Waals surface area contributed by atoms with Gasteiger partial charge in [-0.1, -0.05) is 11.3 Å². The highest BCUT2D eigenvalue weighted by molar-refractivity contribution is 7.22. The Morgan fingerprint density at radius 1 is 1.47 bits per heavy atom. The Kier molecular flexibility index (Phi) is 3.58. The number of nitrogens with one attached hydrogen (secondary N) is 1. The maximum atomic E-state index is 12.1. The number of alkyl halides is 3. The highest BCUT2D eigenvalue weighted by Gasteiger charge is 2.31. The van der Waals surface area contributed by atoms with Gasteiger partial charge in [0.05, 0.1) is 16.8 Å². The summed E-state index contributed by atoms with van der Waals surface area (Å²) < 4.78 is 40.4. The molecule has 1 aromatic carbocycles. The molecule has 0 spiro atoms. The van der Waals surface area contributed by atoms with Crippen LogP contribution in [0.2, 0.25) is 0 Å². The number of carbonyl (C=O) groups excluding carboxylic acids is 1. The molecule has 1 amide bonds. The number of fused-ring (bicyclic) bond motifs is 1. The minimum Gasteiger partial charge on any atom is -0.406 e. The van der Waals surface area contributed by atoms with Crippen molar-refractivity contribution in [2.45, 2.75) is 6.36 Å². The van der Waals surface area contributed by atoms with Gasteiger partial charge in [0.15, 0.2) is 5.13 Å². The first-order valence-electron chi connectivity index (χ1n) is 5.03. The van der Waals surface area contributed by atoms with E-state index in [1.54, 1.807) is 0 Å². The summed E-state index contributed by atoms with van der Waals surface area (Å²) in [5.74, 6) is -0.758. The molecule has 0 unspecified atom stereocenters. The van der Waals surface area contributed by atoms with Crippen molar-refractivity contribution < 1.29 is 22.7 Å². The average Bonchev–Trinajstić information content (AvgIpc) is 2.68. The molecule has 0 aliphatic carbocycles. The molecule has 0 saturated carbocycles. The maximum absolute atomic E-state index is 12.1. The van der Waals surface area contributed by atoms with Gasteiger partial charge in [-0.3, -0.25) is 4.79 Å². The molecule has 2 rings (SSSR count). The average molecular weight is 291 g/mol. The largest absolute Gasteiger partial charge is 0.573 e. The third kappa shape index (κ3) is 3.55. The summed E-state index contributed by atoms with van der Waals surface area (Å²) >= 11 is 1.04. The fraction of sp³-hybridized carbons (Fsp3) is 0.200. The van der Waals surface area contributed by atoms with E-state index >= 15 is 0 Å². The molecule has 102 valence electrons. The number of hydrogen-bond acceptors (Lipinski definition) is 5. The summed E-state index contributed by atoms with van der Waals surface area (Å²) in [5.41, 5.74) is 5.59. The summed E-state index contributed by atoms with van der Waals surface area (Å²) in [6, 6.07) is 3.74. The number of nitrogens with zero attached hydrogens (tertiary/aromatic N) is 1. The molecular formula is C10H8F3N3O2S. The lowest BCUT2D eigenvalue weighted by atomic mass is 10.3. The highest BCUT2D eigenvalue weighted by Crippen LogP contribution is 2.31. The number of aromatic nitrogens is 1. The van der Waals surface area contributed by atoms with Crippen molar-refractivity contribution in [1.82, 2.24) is 4.98 Å². The van der Waals surface area contributed by atoms with Crippen molar-refractivity contribution in [3.63, 3.8) is 0 Å². The second-order valence-electron chi connectivity index (χ2n) is 3.45. The Hall–Kier alpha value is -1.87. The second kappa shape index (κ2) is 5.02. The van der Waals surface area contributed by atoms with Crippen LogP contribution in [0.4, 0.5) is 18.3 Å². The van der Waals surface area contributed by atoms with Crippen LogP contribution in [0.25, 0.3) is 10.2 Å². The lowest BCUT2D eigenvalue weighted by molar-refractivity contribution is -0.274. The van der Waals surface area contributed by atoms with Crippen molar-refractivity contribution in [3.05, 3.63) is 18.2 Å². The van der Waals surface area contributed by atoms with Crippen molar-refractivity contribution in [2.75, 3.05) is 11.9 Å². The summed E-state index contributed by atoms with van der Waals surface area (Å²) in [4.78, 5) is 15.1. The lowest BCUT2D eigenvalue weighted by Gasteiger charge is -2.07. The minimum absolute atomic E-state index is 0.196. The summed E-state index contributed by atoms with van der Waals surface area (Å²) in [5, 5.41) is 2.70. The van der Waals surface area contributed by atoms with Gasteiger partial charge in [0, 0.05) is 6.07 Å². The molecule has 2 aromatic rings. The van der Waals surface area contributed by atoms with Gasteiger partial charge in [0.1, 0.15) is 5.75 Å². The molecule has 5 nitrogen and oxygen atoms in total. The third-order valence-corrected chi connectivity index (χ3v) is 2.96. The topological polar surface area (TPSA) is 77.2 Å². The highest BCUT2D eigenvalue weighted by atomic mass is 32.1. The van der Waals surface area contributed by atoms with Crippen LogP contribution < -0.4 is 15.8 Å². The van der Waals surface area contributed by atoms with Crippen LogP contribution in [0.5, 0.6) is 5.75 Å². The van der Waals surface area contributed by atoms with Crippen LogP contribution in [0, 0.1) is 0 Å². The predicted molar refractivity (Wildman–Crippen MR) is 64.0 cm³/mol. The summed E-state index contributed by atoms with van der Waals surface area (Å²) in [6.45, 7) is -0.196. The normalized spacial score (nSPS) is 11.6. The molecule has 0 aliphatic rings. The van der Waals surface area contributed by atoms with Gasteiger partial charge < -0.3 is 15.8 Å². The molecular weight excluding hydrogens is 283 g/mol. The van der Waals surface area contributed by atoms with Gasteiger partial charge in [0.25, 0.3) is 0 Å². The number of benzene rings is 1. The van der Waals surface area contributed by atoms with Crippen LogP contribution in [-0.4, -0.2) is 23.8 Å². The molecule has 1 aromatic heterocycles. The van der Waals surface area contributed by atoms with Crippen LogP contribution in [0.3, 0.4) is 0 Å². The molecule has 0 atom stereocenters. The molecule has 1 heterocycles. The number of nitrogens with two attached hydrogens (primary N) is 1. The van der Waals surface area contributed by atoms with Crippen LogP contribution >= 0.6 is 11.3 Å². The Morgan fingerprint density at radius 3 is 2.84 bits per heavy atom. The number of amides is 1. The van der Waals surface area contributed by atoms with E-state index in [-0.39, 0.29) is 17.4 Å². The van der Waals surface area contributed by atoms with E-state index < -0.39 is 12.3 Å². The first-order chi connectivity index (χ1) is 8.87. The van der Waals surface area contributed by atoms with Gasteiger partial charge in [0.2, 0.25) is 5.91 Å². The molecule has 9 heteroatoms. The van der Waals surface area contributed by atoms with E-state index in [1.807, 2.05) is 0 Å². The molecule has 0 bridgehead atoms. The van der Waals surface area contributed by atoms with Gasteiger partial charge in [-0.2, -0.15) is 0 Å². The minimum atomic E-state index is -4.74. The number of halogens is 3. The fourth-order valence-corrected chi connectivity index (χ4v) is 2.24. The van der Waals surface area contributed by atoms with E-state index in [2.05, 4.69) is 15.0 Å². The number of anilines is 1. The molecule has 0 aliphatic heterocycles. The molecule has 0 fully saturated rings. The smallest absolute Gasteiger partial charge is 0.406 e. The van der Waals surface area contributed by atoms with Crippen LogP contribution in [0.15, 0.2) is 18.2 Å². The quantitative estimate of drug-likeness (QED) is 0.907. The second-order valence-corrected chi connectivity index (χ2v) is 4.48. The van der Waals surface area contributed by atoms with Gasteiger partial charge in [-0.25, -0.2) is 4.98 Å². The number of thiazole rings is 1. The lowest BCUT2D eigenvalue weighted by Crippen LogP contribution is -2.21. The standard InChI is InChI=1S/C10H8F3N3O2S/c11-10(12,13)18-5-1-2-6-7(3-5)19-9(15-6)16-8(17)4-14/h1-3H,4,14H2,(H,15,16,17). The zero-order valence-corrected chi connectivity index (χ0v) is 10.1. The molecule has 0 saturated heterocycles. The number of rotatable bonds is 3. The molecule has 19 heavy (non-hydrogen) atoms. The molecule has 0 radical (unpaired) electrons. The zero-order chi connectivity index (χ0) is 14.0. The third-order valence-electron chi connectivity index (χ3n) is 2.03. The summed E-state index contributed by atoms with van der Waals surface area (Å²) in [6.07, 6.45) is -4.74. The van der Waals surface area contributed by atoms with Crippen molar-refractivity contribution in [3.8, 4) is 5.75 Å².